The van der Waals surface area contributed by atoms with E-state index in [0.29, 0.717) is 0 Å². The van der Waals surface area contributed by atoms with Gasteiger partial charge in [-0.2, -0.15) is 4.68 Å². The lowest BCUT2D eigenvalue weighted by molar-refractivity contribution is 0.150. The molecule has 0 aliphatic rings. The van der Waals surface area contributed by atoms with Crippen LogP contribution < -0.4 is 5.32 Å². The van der Waals surface area contributed by atoms with E-state index in [-0.39, 0.29) is 0 Å². The van der Waals surface area contributed by atoms with Crippen molar-refractivity contribution in [2.45, 2.75) is 12.1 Å². The molecule has 1 heterocycles. The third kappa shape index (κ3) is 4.59. The molecule has 0 saturated heterocycles. The van der Waals surface area contributed by atoms with E-state index < -0.39 is 0 Å². The van der Waals surface area contributed by atoms with Gasteiger partial charge in [-0.25, -0.2) is 0 Å². The normalized spacial score (nSPS) is 10.8. The predicted molar refractivity (Wildman–Crippen MR) is 79.2 cm³/mol. The molecule has 20 heavy (non-hydrogen) atoms. The van der Waals surface area contributed by atoms with Crippen LogP contribution in [-0.4, -0.2) is 52.3 Å². The zero-order valence-corrected chi connectivity index (χ0v) is 12.3. The maximum atomic E-state index is 5.26. The Morgan fingerprint density at radius 1 is 1.25 bits per heavy atom. The molecule has 0 unspecified atom stereocenters. The third-order valence-electron chi connectivity index (χ3n) is 2.58. The first-order valence-electron chi connectivity index (χ1n) is 6.67. The Bertz CT molecular complexity index is 491. The summed E-state index contributed by atoms with van der Waals surface area (Å²) in [5.41, 5.74) is 0.976. The lowest BCUT2D eigenvalue weighted by Gasteiger charge is -2.05. The number of nitrogens with zero attached hydrogens (tertiary/aromatic N) is 4. The molecule has 0 fully saturated rings. The van der Waals surface area contributed by atoms with Gasteiger partial charge in [0.2, 0.25) is 5.16 Å². The number of thioether (sulfide) groups is 1. The number of hydrogen-bond acceptors (Lipinski definition) is 6. The number of aromatic nitrogens is 4. The van der Waals surface area contributed by atoms with E-state index in [2.05, 4.69) is 20.8 Å². The molecule has 1 aromatic carbocycles. The molecule has 7 heteroatoms. The van der Waals surface area contributed by atoms with Crippen molar-refractivity contribution in [2.24, 2.45) is 0 Å². The Kier molecular flexibility index (Phi) is 6.49. The average molecular weight is 293 g/mol. The summed E-state index contributed by atoms with van der Waals surface area (Å²) in [6, 6.07) is 9.89. The van der Waals surface area contributed by atoms with E-state index >= 15 is 0 Å². The summed E-state index contributed by atoms with van der Waals surface area (Å²) in [4.78, 5) is 0. The molecule has 0 aliphatic heterocycles. The second-order valence-electron chi connectivity index (χ2n) is 4.00. The van der Waals surface area contributed by atoms with Crippen molar-refractivity contribution >= 4 is 11.8 Å². The Balaban J connectivity index is 1.76. The molecule has 2 rings (SSSR count). The third-order valence-corrected chi connectivity index (χ3v) is 3.50. The van der Waals surface area contributed by atoms with Crippen molar-refractivity contribution in [3.05, 3.63) is 30.3 Å². The molecule has 0 atom stereocenters. The maximum Gasteiger partial charge on any atom is 0.214 e. The van der Waals surface area contributed by atoms with Crippen LogP contribution in [0, 0.1) is 0 Å². The molecule has 1 N–H and O–H groups in total. The lowest BCUT2D eigenvalue weighted by atomic mass is 10.3. The molecule has 0 aliphatic carbocycles. The van der Waals surface area contributed by atoms with Crippen LogP contribution >= 0.6 is 11.8 Å². The number of rotatable bonds is 9. The van der Waals surface area contributed by atoms with Gasteiger partial charge in [0.05, 0.1) is 12.3 Å². The average Bonchev–Trinajstić information content (AvgIpc) is 2.96. The SMILES string of the molecule is CCOCCNCCSc1nnnn1-c1ccccc1. The molecule has 0 saturated carbocycles. The topological polar surface area (TPSA) is 64.9 Å². The minimum Gasteiger partial charge on any atom is -0.380 e. The maximum absolute atomic E-state index is 5.26. The fourth-order valence-electron chi connectivity index (χ4n) is 1.63. The zero-order chi connectivity index (χ0) is 14.0. The standard InChI is InChI=1S/C13H19N5OS/c1-2-19-10-8-14-9-11-20-13-15-16-17-18(13)12-6-4-3-5-7-12/h3-7,14H,2,8-11H2,1H3. The van der Waals surface area contributed by atoms with Crippen molar-refractivity contribution in [3.63, 3.8) is 0 Å². The summed E-state index contributed by atoms with van der Waals surface area (Å²) in [5, 5.41) is 15.9. The molecule has 0 radical (unpaired) electrons. The van der Waals surface area contributed by atoms with Crippen molar-refractivity contribution < 1.29 is 4.74 Å². The molecule has 0 bridgehead atoms. The summed E-state index contributed by atoms with van der Waals surface area (Å²) in [7, 11) is 0. The van der Waals surface area contributed by atoms with Crippen molar-refractivity contribution in [2.75, 3.05) is 32.1 Å². The van der Waals surface area contributed by atoms with Gasteiger partial charge in [-0.15, -0.1) is 5.10 Å². The van der Waals surface area contributed by atoms with E-state index in [0.717, 1.165) is 42.9 Å². The first kappa shape index (κ1) is 15.0. The summed E-state index contributed by atoms with van der Waals surface area (Å²) < 4.78 is 7.01. The number of benzene rings is 1. The Morgan fingerprint density at radius 3 is 2.90 bits per heavy atom. The van der Waals surface area contributed by atoms with Crippen molar-refractivity contribution in [3.8, 4) is 5.69 Å². The highest BCUT2D eigenvalue weighted by Gasteiger charge is 2.07. The van der Waals surface area contributed by atoms with Crippen LogP contribution in [0.4, 0.5) is 0 Å². The highest BCUT2D eigenvalue weighted by Crippen LogP contribution is 2.16. The van der Waals surface area contributed by atoms with Gasteiger partial charge in [0.25, 0.3) is 0 Å². The monoisotopic (exact) mass is 293 g/mol. The van der Waals surface area contributed by atoms with Crippen LogP contribution in [0.5, 0.6) is 0 Å². The van der Waals surface area contributed by atoms with Crippen molar-refractivity contribution in [1.82, 2.24) is 25.5 Å². The highest BCUT2D eigenvalue weighted by molar-refractivity contribution is 7.99. The fourth-order valence-corrected chi connectivity index (χ4v) is 2.42. The number of hydrogen-bond donors (Lipinski definition) is 1. The van der Waals surface area contributed by atoms with Crippen LogP contribution in [0.2, 0.25) is 0 Å². The second kappa shape index (κ2) is 8.68. The molecular formula is C13H19N5OS. The van der Waals surface area contributed by atoms with Gasteiger partial charge in [-0.3, -0.25) is 0 Å². The van der Waals surface area contributed by atoms with Crippen LogP contribution in [0.15, 0.2) is 35.5 Å². The molecule has 2 aromatic rings. The van der Waals surface area contributed by atoms with E-state index in [1.54, 1.807) is 16.4 Å². The van der Waals surface area contributed by atoms with Gasteiger partial charge in [0.1, 0.15) is 0 Å². The largest absolute Gasteiger partial charge is 0.380 e. The van der Waals surface area contributed by atoms with Crippen LogP contribution in [0.1, 0.15) is 6.92 Å². The minimum absolute atomic E-state index is 0.753. The van der Waals surface area contributed by atoms with Gasteiger partial charge in [-0.1, -0.05) is 30.0 Å². The Morgan fingerprint density at radius 2 is 2.10 bits per heavy atom. The Hall–Kier alpha value is -1.44. The fraction of sp³-hybridized carbons (Fsp3) is 0.462. The summed E-state index contributed by atoms with van der Waals surface area (Å²) in [6.45, 7) is 5.29. The van der Waals surface area contributed by atoms with E-state index in [1.165, 1.54) is 0 Å². The van der Waals surface area contributed by atoms with Gasteiger partial charge >= 0.3 is 0 Å². The van der Waals surface area contributed by atoms with Crippen molar-refractivity contribution in [1.29, 1.82) is 0 Å². The molecule has 0 spiro atoms. The summed E-state index contributed by atoms with van der Waals surface area (Å²) >= 11 is 1.64. The summed E-state index contributed by atoms with van der Waals surface area (Å²) in [5.74, 6) is 0.916. The van der Waals surface area contributed by atoms with Gasteiger partial charge in [0, 0.05) is 25.4 Å². The van der Waals surface area contributed by atoms with E-state index in [9.17, 15) is 0 Å². The molecule has 108 valence electrons. The Labute approximate surface area is 122 Å². The van der Waals surface area contributed by atoms with Crippen LogP contribution in [0.3, 0.4) is 0 Å². The second-order valence-corrected chi connectivity index (χ2v) is 5.07. The predicted octanol–water partition coefficient (Wildman–Crippen LogP) is 1.38. The lowest BCUT2D eigenvalue weighted by Crippen LogP contribution is -2.22. The minimum atomic E-state index is 0.753. The number of tetrazole rings is 1. The first-order chi connectivity index (χ1) is 9.92. The number of nitrogens with one attached hydrogen (secondary N) is 1. The first-order valence-corrected chi connectivity index (χ1v) is 7.65. The number of para-hydroxylation sites is 1. The molecular weight excluding hydrogens is 274 g/mol. The molecule has 1 aromatic heterocycles. The quantitative estimate of drug-likeness (QED) is 0.556. The zero-order valence-electron chi connectivity index (χ0n) is 11.5. The molecule has 0 amide bonds. The van der Waals surface area contributed by atoms with E-state index in [1.807, 2.05) is 37.3 Å². The van der Waals surface area contributed by atoms with E-state index in [4.69, 9.17) is 4.74 Å². The van der Waals surface area contributed by atoms with Gasteiger partial charge < -0.3 is 10.1 Å². The van der Waals surface area contributed by atoms with Crippen LogP contribution in [0.25, 0.3) is 5.69 Å². The van der Waals surface area contributed by atoms with Gasteiger partial charge in [-0.05, 0) is 29.5 Å². The number of ether oxygens (including phenoxy) is 1. The molecule has 6 nitrogen and oxygen atoms in total. The smallest absolute Gasteiger partial charge is 0.214 e. The summed E-state index contributed by atoms with van der Waals surface area (Å²) in [6.07, 6.45) is 0. The van der Waals surface area contributed by atoms with Gasteiger partial charge in [0.15, 0.2) is 0 Å². The highest BCUT2D eigenvalue weighted by atomic mass is 32.2. The van der Waals surface area contributed by atoms with Crippen LogP contribution in [-0.2, 0) is 4.74 Å².